The van der Waals surface area contributed by atoms with Crippen molar-refractivity contribution in [3.8, 4) is 5.75 Å². The van der Waals surface area contributed by atoms with Crippen molar-refractivity contribution in [2.45, 2.75) is 31.8 Å². The number of benzene rings is 1. The molecule has 1 aromatic rings. The number of hydrogen-bond donors (Lipinski definition) is 1. The first-order valence-corrected chi connectivity index (χ1v) is 7.90. The van der Waals surface area contributed by atoms with Gasteiger partial charge in [-0.2, -0.15) is 0 Å². The molecule has 0 amide bonds. The Labute approximate surface area is 128 Å². The Morgan fingerprint density at radius 1 is 1.29 bits per heavy atom. The first-order chi connectivity index (χ1) is 10.2. The van der Waals surface area contributed by atoms with Crippen LogP contribution < -0.4 is 10.1 Å². The fraction of sp³-hybridized carbons (Fsp3) is 0.647. The van der Waals surface area contributed by atoms with Gasteiger partial charge < -0.3 is 19.7 Å². The van der Waals surface area contributed by atoms with E-state index in [9.17, 15) is 0 Å². The normalized spacial score (nSPS) is 17.9. The molecule has 1 aliphatic heterocycles. The predicted octanol–water partition coefficient (Wildman–Crippen LogP) is 2.46. The Morgan fingerprint density at radius 3 is 2.52 bits per heavy atom. The summed E-state index contributed by atoms with van der Waals surface area (Å²) in [6.45, 7) is 5.93. The van der Waals surface area contributed by atoms with Crippen molar-refractivity contribution < 1.29 is 9.47 Å². The minimum Gasteiger partial charge on any atom is -0.497 e. The largest absolute Gasteiger partial charge is 0.497 e. The van der Waals surface area contributed by atoms with Crippen LogP contribution in [0.25, 0.3) is 0 Å². The van der Waals surface area contributed by atoms with Gasteiger partial charge in [0, 0.05) is 31.8 Å². The third-order valence-electron chi connectivity index (χ3n) is 4.25. The van der Waals surface area contributed by atoms with Crippen molar-refractivity contribution >= 4 is 0 Å². The van der Waals surface area contributed by atoms with Crippen molar-refractivity contribution in [2.75, 3.05) is 40.5 Å². The third kappa shape index (κ3) is 4.70. The summed E-state index contributed by atoms with van der Waals surface area (Å²) < 4.78 is 10.7. The highest BCUT2D eigenvalue weighted by atomic mass is 16.5. The first kappa shape index (κ1) is 16.3. The van der Waals surface area contributed by atoms with E-state index in [1.54, 1.807) is 7.11 Å². The maximum atomic E-state index is 5.46. The lowest BCUT2D eigenvalue weighted by Crippen LogP contribution is -2.41. The van der Waals surface area contributed by atoms with Crippen LogP contribution >= 0.6 is 0 Å². The van der Waals surface area contributed by atoms with Gasteiger partial charge in [0.1, 0.15) is 5.75 Å². The van der Waals surface area contributed by atoms with E-state index in [1.807, 2.05) is 12.1 Å². The molecule has 1 N–H and O–H groups in total. The average molecular weight is 292 g/mol. The second kappa shape index (κ2) is 8.37. The molecule has 0 radical (unpaired) electrons. The molecule has 1 atom stereocenters. The molecule has 0 spiro atoms. The summed E-state index contributed by atoms with van der Waals surface area (Å²) in [5, 5.41) is 3.59. The number of likely N-dealkylation sites (N-methyl/N-ethyl adjacent to an activating group) is 2. The molecule has 1 heterocycles. The van der Waals surface area contributed by atoms with E-state index in [1.165, 1.54) is 5.56 Å². The molecule has 4 nitrogen and oxygen atoms in total. The second-order valence-electron chi connectivity index (χ2n) is 5.67. The van der Waals surface area contributed by atoms with E-state index in [4.69, 9.17) is 9.47 Å². The van der Waals surface area contributed by atoms with Crippen LogP contribution in [0.3, 0.4) is 0 Å². The summed E-state index contributed by atoms with van der Waals surface area (Å²) in [6, 6.07) is 9.38. The Kier molecular flexibility index (Phi) is 6.49. The van der Waals surface area contributed by atoms with Crippen molar-refractivity contribution in [1.82, 2.24) is 10.2 Å². The number of rotatable bonds is 7. The van der Waals surface area contributed by atoms with Gasteiger partial charge in [-0.05, 0) is 44.1 Å². The van der Waals surface area contributed by atoms with Crippen LogP contribution in [0.5, 0.6) is 5.75 Å². The molecule has 0 aliphatic carbocycles. The summed E-state index contributed by atoms with van der Waals surface area (Å²) in [5.41, 5.74) is 1.32. The number of ether oxygens (including phenoxy) is 2. The topological polar surface area (TPSA) is 33.7 Å². The second-order valence-corrected chi connectivity index (χ2v) is 5.67. The van der Waals surface area contributed by atoms with E-state index in [2.05, 4.69) is 36.3 Å². The fourth-order valence-corrected chi connectivity index (χ4v) is 2.93. The SMILES string of the molecule is CCNC(CN(C)C1CCOCC1)c1ccc(OC)cc1. The van der Waals surface area contributed by atoms with Gasteiger partial charge in [0.15, 0.2) is 0 Å². The lowest BCUT2D eigenvalue weighted by atomic mass is 10.0. The molecule has 118 valence electrons. The molecule has 1 fully saturated rings. The number of nitrogens with one attached hydrogen (secondary N) is 1. The smallest absolute Gasteiger partial charge is 0.118 e. The van der Waals surface area contributed by atoms with Crippen LogP contribution in [0.2, 0.25) is 0 Å². The monoisotopic (exact) mass is 292 g/mol. The molecule has 2 rings (SSSR count). The van der Waals surface area contributed by atoms with Gasteiger partial charge in [0.2, 0.25) is 0 Å². The van der Waals surface area contributed by atoms with Crippen LogP contribution in [0.1, 0.15) is 31.4 Å². The molecule has 0 saturated carbocycles. The molecule has 1 aromatic carbocycles. The van der Waals surface area contributed by atoms with Crippen LogP contribution in [-0.4, -0.2) is 51.4 Å². The molecule has 0 bridgehead atoms. The number of hydrogen-bond acceptors (Lipinski definition) is 4. The standard InChI is InChI=1S/C17H28N2O2/c1-4-18-17(14-5-7-16(20-3)8-6-14)13-19(2)15-9-11-21-12-10-15/h5-8,15,17-18H,4,9-13H2,1-3H3. The highest BCUT2D eigenvalue weighted by Crippen LogP contribution is 2.21. The van der Waals surface area contributed by atoms with Gasteiger partial charge in [-0.25, -0.2) is 0 Å². The summed E-state index contributed by atoms with van der Waals surface area (Å²) in [6.07, 6.45) is 2.27. The molecule has 1 saturated heterocycles. The Bertz CT molecular complexity index is 402. The lowest BCUT2D eigenvalue weighted by molar-refractivity contribution is 0.0402. The summed E-state index contributed by atoms with van der Waals surface area (Å²) in [4.78, 5) is 2.47. The van der Waals surface area contributed by atoms with E-state index in [0.717, 1.165) is 44.9 Å². The van der Waals surface area contributed by atoms with E-state index < -0.39 is 0 Å². The van der Waals surface area contributed by atoms with Gasteiger partial charge in [-0.3, -0.25) is 0 Å². The predicted molar refractivity (Wildman–Crippen MR) is 85.9 cm³/mol. The number of nitrogens with zero attached hydrogens (tertiary/aromatic N) is 1. The Hall–Kier alpha value is -1.10. The van der Waals surface area contributed by atoms with Crippen molar-refractivity contribution in [3.63, 3.8) is 0 Å². The zero-order chi connectivity index (χ0) is 15.1. The minimum absolute atomic E-state index is 0.355. The highest BCUT2D eigenvalue weighted by molar-refractivity contribution is 5.29. The van der Waals surface area contributed by atoms with Crippen LogP contribution in [0.15, 0.2) is 24.3 Å². The molecule has 1 aliphatic rings. The van der Waals surface area contributed by atoms with Crippen molar-refractivity contribution in [3.05, 3.63) is 29.8 Å². The highest BCUT2D eigenvalue weighted by Gasteiger charge is 2.21. The van der Waals surface area contributed by atoms with Gasteiger partial charge in [-0.1, -0.05) is 19.1 Å². The quantitative estimate of drug-likeness (QED) is 0.837. The van der Waals surface area contributed by atoms with Crippen LogP contribution in [-0.2, 0) is 4.74 Å². The molecular weight excluding hydrogens is 264 g/mol. The van der Waals surface area contributed by atoms with E-state index >= 15 is 0 Å². The molecule has 0 aromatic heterocycles. The first-order valence-electron chi connectivity index (χ1n) is 7.90. The zero-order valence-electron chi connectivity index (χ0n) is 13.5. The summed E-state index contributed by atoms with van der Waals surface area (Å²) >= 11 is 0. The van der Waals surface area contributed by atoms with E-state index in [0.29, 0.717) is 12.1 Å². The van der Waals surface area contributed by atoms with Crippen LogP contribution in [0.4, 0.5) is 0 Å². The lowest BCUT2D eigenvalue weighted by Gasteiger charge is -2.34. The molecular formula is C17H28N2O2. The Balaban J connectivity index is 1.99. The molecule has 21 heavy (non-hydrogen) atoms. The van der Waals surface area contributed by atoms with Crippen molar-refractivity contribution in [2.24, 2.45) is 0 Å². The van der Waals surface area contributed by atoms with E-state index in [-0.39, 0.29) is 0 Å². The number of methoxy groups -OCH3 is 1. The Morgan fingerprint density at radius 2 is 1.95 bits per heavy atom. The summed E-state index contributed by atoms with van der Waals surface area (Å²) in [5.74, 6) is 0.909. The maximum absolute atomic E-state index is 5.46. The minimum atomic E-state index is 0.355. The fourth-order valence-electron chi connectivity index (χ4n) is 2.93. The molecule has 4 heteroatoms. The van der Waals surface area contributed by atoms with Crippen LogP contribution in [0, 0.1) is 0 Å². The molecule has 1 unspecified atom stereocenters. The average Bonchev–Trinajstić information content (AvgIpc) is 2.55. The van der Waals surface area contributed by atoms with Gasteiger partial charge in [0.25, 0.3) is 0 Å². The maximum Gasteiger partial charge on any atom is 0.118 e. The summed E-state index contributed by atoms with van der Waals surface area (Å²) in [7, 11) is 3.93. The van der Waals surface area contributed by atoms with Gasteiger partial charge in [0.05, 0.1) is 7.11 Å². The van der Waals surface area contributed by atoms with Crippen molar-refractivity contribution in [1.29, 1.82) is 0 Å². The van der Waals surface area contributed by atoms with Gasteiger partial charge >= 0.3 is 0 Å². The van der Waals surface area contributed by atoms with Gasteiger partial charge in [-0.15, -0.1) is 0 Å². The zero-order valence-corrected chi connectivity index (χ0v) is 13.5. The third-order valence-corrected chi connectivity index (χ3v) is 4.25.